The fourth-order valence-electron chi connectivity index (χ4n) is 4.32. The van der Waals surface area contributed by atoms with Crippen LogP contribution >= 0.6 is 24.8 Å². The molecule has 4 rings (SSSR count). The van der Waals surface area contributed by atoms with Gasteiger partial charge in [-0.15, -0.1) is 117 Å². The van der Waals surface area contributed by atoms with Gasteiger partial charge in [0, 0.05) is 0 Å². The molecule has 0 aliphatic heterocycles. The molecule has 0 atom stereocenters. The second-order valence-electron chi connectivity index (χ2n) is 7.97. The average molecular weight is 565 g/mol. The number of aryl methyl sites for hydroxylation is 2. The molecule has 0 heterocycles. The Bertz CT molecular complexity index is 960. The molecule has 4 aromatic carbocycles. The van der Waals surface area contributed by atoms with E-state index in [1.807, 2.05) is 0 Å². The maximum absolute atomic E-state index is 3.06. The second kappa shape index (κ2) is 16.9. The van der Waals surface area contributed by atoms with E-state index in [0.29, 0.717) is 11.8 Å². The number of hydrogen-bond acceptors (Lipinski definition) is 0. The van der Waals surface area contributed by atoms with Gasteiger partial charge in [0.05, 0.1) is 0 Å². The first-order valence-electron chi connectivity index (χ1n) is 9.95. The van der Waals surface area contributed by atoms with Gasteiger partial charge in [0.15, 0.2) is 0 Å². The van der Waals surface area contributed by atoms with Crippen molar-refractivity contribution in [2.24, 2.45) is 0 Å². The van der Waals surface area contributed by atoms with Crippen molar-refractivity contribution in [1.29, 1.82) is 0 Å². The van der Waals surface area contributed by atoms with E-state index in [4.69, 9.17) is 0 Å². The Morgan fingerprint density at radius 3 is 1.19 bits per heavy atom. The first-order chi connectivity index (χ1) is 13.4. The Hall–Kier alpha value is -0.660. The fourth-order valence-corrected chi connectivity index (χ4v) is 4.32. The van der Waals surface area contributed by atoms with Gasteiger partial charge in [-0.05, 0) is 0 Å². The topological polar surface area (TPSA) is 0 Å². The third-order valence-electron chi connectivity index (χ3n) is 5.25. The quantitative estimate of drug-likeness (QED) is 0.168. The van der Waals surface area contributed by atoms with E-state index in [9.17, 15) is 0 Å². The van der Waals surface area contributed by atoms with Gasteiger partial charge in [0.2, 0.25) is 0 Å². The Kier molecular flexibility index (Phi) is 18.9. The Labute approximate surface area is 226 Å². The molecular formula is C28H38Cl2SiZr-4. The van der Waals surface area contributed by atoms with E-state index >= 15 is 0 Å². The summed E-state index contributed by atoms with van der Waals surface area (Å²) >= 11 is 1.36. The van der Waals surface area contributed by atoms with Crippen molar-refractivity contribution < 1.29 is 23.3 Å². The van der Waals surface area contributed by atoms with Crippen LogP contribution in [-0.2, 0) is 23.3 Å². The summed E-state index contributed by atoms with van der Waals surface area (Å²) in [4.78, 5) is 0. The molecule has 0 saturated heterocycles. The molecule has 4 heteroatoms. The van der Waals surface area contributed by atoms with E-state index in [0.717, 1.165) is 0 Å². The molecule has 0 nitrogen and oxygen atoms in total. The molecular weight excluding hydrogens is 527 g/mol. The molecule has 0 spiro atoms. The number of hydrogen-bond donors (Lipinski definition) is 0. The van der Waals surface area contributed by atoms with Crippen LogP contribution in [0.5, 0.6) is 0 Å². The molecule has 0 aliphatic carbocycles. The molecule has 2 radical (unpaired) electrons. The monoisotopic (exact) mass is 562 g/mol. The standard InChI is InChI=1S/2C13H15.2CH3.2ClH.Si.Zr/c2*1-9(2)13-10(3)8-11-6-4-5-7-12(11)13;;;;;;/h2*4-9H,1-3H3;2*1H3;2*1H;;/q4*-1;;;;. The molecule has 0 amide bonds. The van der Waals surface area contributed by atoms with Gasteiger partial charge >= 0.3 is 30.2 Å². The van der Waals surface area contributed by atoms with Gasteiger partial charge in [-0.2, -0.15) is 0 Å². The van der Waals surface area contributed by atoms with Gasteiger partial charge in [-0.25, -0.2) is 0 Å². The fraction of sp³-hybridized carbons (Fsp3) is 0.286. The van der Waals surface area contributed by atoms with Gasteiger partial charge in [-0.3, -0.25) is 0 Å². The van der Waals surface area contributed by atoms with Crippen LogP contribution in [0.4, 0.5) is 0 Å². The second-order valence-corrected chi connectivity index (χ2v) is 7.97. The zero-order valence-corrected chi connectivity index (χ0v) is 25.8. The first-order valence-corrected chi connectivity index (χ1v) is 14.1. The Morgan fingerprint density at radius 1 is 0.625 bits per heavy atom. The number of fused-ring (bicyclic) bond motifs is 2. The third kappa shape index (κ3) is 8.28. The van der Waals surface area contributed by atoms with E-state index in [1.165, 1.54) is 67.1 Å². The van der Waals surface area contributed by atoms with Gasteiger partial charge in [-0.1, -0.05) is 65.5 Å². The normalized spacial score (nSPS) is 9.34. The molecule has 0 aliphatic rings. The maximum atomic E-state index is 3.06. The van der Waals surface area contributed by atoms with Crippen LogP contribution in [0.15, 0.2) is 60.7 Å². The summed E-state index contributed by atoms with van der Waals surface area (Å²) in [7, 11) is 0. The van der Waals surface area contributed by atoms with Gasteiger partial charge in [0.25, 0.3) is 0 Å². The van der Waals surface area contributed by atoms with Crippen LogP contribution in [0, 0.1) is 28.7 Å². The van der Waals surface area contributed by atoms with Crippen LogP contribution in [0.25, 0.3) is 21.5 Å². The van der Waals surface area contributed by atoms with Gasteiger partial charge in [0.1, 0.15) is 0 Å². The molecule has 32 heavy (non-hydrogen) atoms. The molecule has 4 aromatic rings. The summed E-state index contributed by atoms with van der Waals surface area (Å²) in [6.45, 7) is 16.5. The first kappa shape index (κ1) is 35.9. The van der Waals surface area contributed by atoms with Crippen molar-refractivity contribution >= 4 is 53.2 Å². The van der Waals surface area contributed by atoms with Crippen LogP contribution in [0.1, 0.15) is 61.8 Å². The molecule has 0 N–H and O–H groups in total. The van der Waals surface area contributed by atoms with Crippen LogP contribution < -0.4 is 0 Å². The van der Waals surface area contributed by atoms with E-state index < -0.39 is 0 Å². The van der Waals surface area contributed by atoms with E-state index in [2.05, 4.69) is 109 Å². The molecule has 0 bridgehead atoms. The molecule has 0 saturated carbocycles. The number of rotatable bonds is 2. The van der Waals surface area contributed by atoms with Crippen molar-refractivity contribution in [3.8, 4) is 0 Å². The number of benzene rings is 2. The van der Waals surface area contributed by atoms with Crippen molar-refractivity contribution in [3.63, 3.8) is 0 Å². The van der Waals surface area contributed by atoms with Crippen molar-refractivity contribution in [2.45, 2.75) is 53.4 Å². The molecule has 0 aromatic heterocycles. The minimum atomic E-state index is 0. The third-order valence-corrected chi connectivity index (χ3v) is 5.25. The zero-order valence-electron chi connectivity index (χ0n) is 20.7. The SMILES string of the molecule is Cc1[cH-]c2ccccc2c1C(C)C.Cc1[cH-]c2ccccc2c1C(C)C.Cl.Cl.[CH3-].[CH3-].[Si]=[Zr]. The molecule has 0 fully saturated rings. The van der Waals surface area contributed by atoms with Crippen LogP contribution in [0.3, 0.4) is 0 Å². The zero-order chi connectivity index (χ0) is 20.8. The average Bonchev–Trinajstić information content (AvgIpc) is 3.18. The predicted molar refractivity (Wildman–Crippen MR) is 150 cm³/mol. The summed E-state index contributed by atoms with van der Waals surface area (Å²) in [6.07, 6.45) is 0. The summed E-state index contributed by atoms with van der Waals surface area (Å²) in [5, 5.41) is 5.61. The summed E-state index contributed by atoms with van der Waals surface area (Å²) < 4.78 is 0. The Morgan fingerprint density at radius 2 is 0.906 bits per heavy atom. The van der Waals surface area contributed by atoms with Crippen molar-refractivity contribution in [3.05, 3.63) is 97.8 Å². The Balaban J connectivity index is -0.000000437. The van der Waals surface area contributed by atoms with Crippen LogP contribution in [0.2, 0.25) is 0 Å². The van der Waals surface area contributed by atoms with E-state index in [-0.39, 0.29) is 39.7 Å². The van der Waals surface area contributed by atoms with Crippen molar-refractivity contribution in [1.82, 2.24) is 0 Å². The minimum absolute atomic E-state index is 0. The summed E-state index contributed by atoms with van der Waals surface area (Å²) in [5.74, 6) is 1.25. The van der Waals surface area contributed by atoms with Gasteiger partial charge < -0.3 is 14.9 Å². The van der Waals surface area contributed by atoms with E-state index in [1.54, 1.807) is 0 Å². The molecule has 176 valence electrons. The summed E-state index contributed by atoms with van der Waals surface area (Å²) in [5.41, 5.74) is 5.87. The number of halogens is 2. The molecule has 0 unspecified atom stereocenters. The summed E-state index contributed by atoms with van der Waals surface area (Å²) in [6, 6.07) is 21.8. The predicted octanol–water partition coefficient (Wildman–Crippen LogP) is 9.34. The van der Waals surface area contributed by atoms with Crippen molar-refractivity contribution in [2.75, 3.05) is 0 Å². The van der Waals surface area contributed by atoms with Crippen LogP contribution in [-0.4, -0.2) is 6.88 Å².